The zero-order valence-corrected chi connectivity index (χ0v) is 7.78. The summed E-state index contributed by atoms with van der Waals surface area (Å²) < 4.78 is 0. The standard InChI is InChI=1S/C12H7NO2.K.H/c14-11-8-5-1-3-7-4-2-6-9(10(7)8)12(15)13-11;;/h1-6H,(H,13,14,15);;. The van der Waals surface area contributed by atoms with Gasteiger partial charge in [-0.2, -0.15) is 0 Å². The number of amides is 2. The zero-order chi connectivity index (χ0) is 10.4. The average molecular weight is 237 g/mol. The van der Waals surface area contributed by atoms with Gasteiger partial charge >= 0.3 is 51.4 Å². The van der Waals surface area contributed by atoms with Crippen molar-refractivity contribution in [3.63, 3.8) is 0 Å². The average Bonchev–Trinajstić information content (AvgIpc) is 2.25. The van der Waals surface area contributed by atoms with E-state index in [9.17, 15) is 9.59 Å². The van der Waals surface area contributed by atoms with Gasteiger partial charge in [-0.3, -0.25) is 14.9 Å². The van der Waals surface area contributed by atoms with Gasteiger partial charge in [0.25, 0.3) is 11.8 Å². The first-order chi connectivity index (χ1) is 7.27. The van der Waals surface area contributed by atoms with Crippen LogP contribution in [0.15, 0.2) is 36.4 Å². The molecule has 1 aliphatic heterocycles. The molecule has 0 radical (unpaired) electrons. The molecule has 74 valence electrons. The molecular formula is C12H8KNO2. The first-order valence-corrected chi connectivity index (χ1v) is 4.65. The first kappa shape index (κ1) is 11.9. The molecule has 1 aliphatic rings. The van der Waals surface area contributed by atoms with Crippen molar-refractivity contribution >= 4 is 74.0 Å². The van der Waals surface area contributed by atoms with Crippen LogP contribution in [0.2, 0.25) is 0 Å². The molecule has 0 saturated carbocycles. The van der Waals surface area contributed by atoms with Gasteiger partial charge in [0, 0.05) is 16.5 Å². The molecule has 3 rings (SSSR count). The predicted octanol–water partition coefficient (Wildman–Crippen LogP) is 1.07. The van der Waals surface area contributed by atoms with Gasteiger partial charge in [-0.05, 0) is 17.5 Å². The van der Waals surface area contributed by atoms with Gasteiger partial charge < -0.3 is 0 Å². The zero-order valence-electron chi connectivity index (χ0n) is 7.78. The minimum atomic E-state index is -0.315. The third kappa shape index (κ3) is 1.67. The molecule has 16 heavy (non-hydrogen) atoms. The summed E-state index contributed by atoms with van der Waals surface area (Å²) in [5.74, 6) is -0.631. The normalized spacial score (nSPS) is 13.2. The Balaban J connectivity index is 0.000000963. The summed E-state index contributed by atoms with van der Waals surface area (Å²) in [4.78, 5) is 23.1. The van der Waals surface area contributed by atoms with Crippen molar-refractivity contribution in [2.75, 3.05) is 0 Å². The Labute approximate surface area is 135 Å². The van der Waals surface area contributed by atoms with E-state index in [1.807, 2.05) is 24.3 Å². The molecule has 4 heteroatoms. The van der Waals surface area contributed by atoms with Gasteiger partial charge in [-0.1, -0.05) is 24.3 Å². The molecule has 2 amide bonds. The Morgan fingerprint density at radius 2 is 1.31 bits per heavy atom. The summed E-state index contributed by atoms with van der Waals surface area (Å²) in [7, 11) is 0. The second-order valence-electron chi connectivity index (χ2n) is 3.49. The van der Waals surface area contributed by atoms with E-state index in [1.165, 1.54) is 0 Å². The molecule has 0 saturated heterocycles. The Hall–Kier alpha value is -0.524. The molecule has 2 aromatic carbocycles. The van der Waals surface area contributed by atoms with Gasteiger partial charge in [-0.25, -0.2) is 0 Å². The van der Waals surface area contributed by atoms with E-state index in [1.54, 1.807) is 12.1 Å². The van der Waals surface area contributed by atoms with Crippen LogP contribution in [-0.2, 0) is 0 Å². The van der Waals surface area contributed by atoms with E-state index < -0.39 is 0 Å². The van der Waals surface area contributed by atoms with Crippen molar-refractivity contribution in [1.29, 1.82) is 0 Å². The third-order valence-electron chi connectivity index (χ3n) is 2.62. The molecule has 2 aromatic rings. The summed E-state index contributed by atoms with van der Waals surface area (Å²) >= 11 is 0. The van der Waals surface area contributed by atoms with Crippen molar-refractivity contribution in [2.45, 2.75) is 0 Å². The Morgan fingerprint density at radius 3 is 1.81 bits per heavy atom. The number of imide groups is 1. The second kappa shape index (κ2) is 4.39. The van der Waals surface area contributed by atoms with Crippen LogP contribution in [0.3, 0.4) is 0 Å². The van der Waals surface area contributed by atoms with Gasteiger partial charge in [-0.15, -0.1) is 0 Å². The summed E-state index contributed by atoms with van der Waals surface area (Å²) in [6, 6.07) is 10.9. The fourth-order valence-corrected chi connectivity index (χ4v) is 1.96. The molecule has 0 aromatic heterocycles. The molecule has 0 fully saturated rings. The maximum absolute atomic E-state index is 11.6. The van der Waals surface area contributed by atoms with E-state index in [-0.39, 0.29) is 63.2 Å². The van der Waals surface area contributed by atoms with E-state index in [2.05, 4.69) is 5.32 Å². The maximum atomic E-state index is 11.6. The summed E-state index contributed by atoms with van der Waals surface area (Å²) in [6.07, 6.45) is 0. The molecular weight excluding hydrogens is 229 g/mol. The predicted molar refractivity (Wildman–Crippen MR) is 62.9 cm³/mol. The van der Waals surface area contributed by atoms with Crippen LogP contribution < -0.4 is 5.32 Å². The molecule has 0 aliphatic carbocycles. The molecule has 1 N–H and O–H groups in total. The summed E-state index contributed by atoms with van der Waals surface area (Å²) in [6.45, 7) is 0. The number of carbonyl (C=O) groups is 2. The van der Waals surface area contributed by atoms with Crippen LogP contribution in [-0.4, -0.2) is 63.2 Å². The number of benzene rings is 2. The van der Waals surface area contributed by atoms with Gasteiger partial charge in [0.05, 0.1) is 0 Å². The first-order valence-electron chi connectivity index (χ1n) is 4.65. The Bertz CT molecular complexity index is 558. The van der Waals surface area contributed by atoms with Crippen LogP contribution >= 0.6 is 0 Å². The van der Waals surface area contributed by atoms with Gasteiger partial charge in [0.15, 0.2) is 0 Å². The van der Waals surface area contributed by atoms with Crippen LogP contribution in [0.5, 0.6) is 0 Å². The van der Waals surface area contributed by atoms with E-state index in [0.717, 1.165) is 10.8 Å². The number of hydrogen-bond donors (Lipinski definition) is 1. The van der Waals surface area contributed by atoms with E-state index in [4.69, 9.17) is 0 Å². The Morgan fingerprint density at radius 1 is 0.812 bits per heavy atom. The fraction of sp³-hybridized carbons (Fsp3) is 0. The topological polar surface area (TPSA) is 46.2 Å². The minimum absolute atomic E-state index is 0. The number of hydrogen-bond acceptors (Lipinski definition) is 2. The molecule has 0 unspecified atom stereocenters. The number of nitrogens with one attached hydrogen (secondary N) is 1. The molecule has 1 heterocycles. The van der Waals surface area contributed by atoms with Crippen molar-refractivity contribution in [3.05, 3.63) is 47.5 Å². The van der Waals surface area contributed by atoms with Crippen LogP contribution in [0.25, 0.3) is 10.8 Å². The molecule has 0 spiro atoms. The van der Waals surface area contributed by atoms with Gasteiger partial charge in [0.1, 0.15) is 0 Å². The Kier molecular flexibility index (Phi) is 3.28. The van der Waals surface area contributed by atoms with Crippen LogP contribution in [0, 0.1) is 0 Å². The van der Waals surface area contributed by atoms with E-state index >= 15 is 0 Å². The van der Waals surface area contributed by atoms with Crippen molar-refractivity contribution < 1.29 is 9.59 Å². The van der Waals surface area contributed by atoms with Crippen molar-refractivity contribution in [1.82, 2.24) is 5.32 Å². The van der Waals surface area contributed by atoms with Gasteiger partial charge in [0.2, 0.25) is 0 Å². The monoisotopic (exact) mass is 237 g/mol. The number of rotatable bonds is 0. The van der Waals surface area contributed by atoms with Crippen molar-refractivity contribution in [3.8, 4) is 0 Å². The fourth-order valence-electron chi connectivity index (χ4n) is 1.96. The summed E-state index contributed by atoms with van der Waals surface area (Å²) in [5.41, 5.74) is 1.14. The second-order valence-corrected chi connectivity index (χ2v) is 3.49. The number of carbonyl (C=O) groups excluding carboxylic acids is 2. The van der Waals surface area contributed by atoms with Crippen LogP contribution in [0.1, 0.15) is 20.7 Å². The molecule has 3 nitrogen and oxygen atoms in total. The third-order valence-corrected chi connectivity index (χ3v) is 2.62. The van der Waals surface area contributed by atoms with Crippen LogP contribution in [0.4, 0.5) is 0 Å². The summed E-state index contributed by atoms with van der Waals surface area (Å²) in [5, 5.41) is 4.00. The van der Waals surface area contributed by atoms with Crippen molar-refractivity contribution in [2.24, 2.45) is 0 Å². The quantitative estimate of drug-likeness (QED) is 0.550. The molecule has 0 bridgehead atoms. The van der Waals surface area contributed by atoms with E-state index in [0.29, 0.717) is 11.1 Å². The SMILES string of the molecule is O=C1NC(=O)c2cccc3cccc1c23.[KH]. The molecule has 0 atom stereocenters.